The molecule has 0 bridgehead atoms. The molecule has 0 heterocycles. The van der Waals surface area contributed by atoms with Crippen molar-refractivity contribution >= 4 is 6.03 Å². The van der Waals surface area contributed by atoms with Crippen LogP contribution in [0.15, 0.2) is 0 Å². The van der Waals surface area contributed by atoms with Gasteiger partial charge in [0.1, 0.15) is 0 Å². The van der Waals surface area contributed by atoms with Crippen molar-refractivity contribution in [2.24, 2.45) is 5.73 Å². The van der Waals surface area contributed by atoms with Gasteiger partial charge in [-0.25, -0.2) is 4.79 Å². The van der Waals surface area contributed by atoms with Crippen molar-refractivity contribution in [3.63, 3.8) is 0 Å². The van der Waals surface area contributed by atoms with Crippen LogP contribution in [0.1, 0.15) is 19.3 Å². The van der Waals surface area contributed by atoms with Crippen LogP contribution in [0.4, 0.5) is 4.79 Å². The third-order valence-electron chi connectivity index (χ3n) is 2.22. The van der Waals surface area contributed by atoms with Crippen LogP contribution >= 0.6 is 0 Å². The minimum absolute atomic E-state index is 0.121. The zero-order valence-corrected chi connectivity index (χ0v) is 8.49. The van der Waals surface area contributed by atoms with Gasteiger partial charge in [0.15, 0.2) is 0 Å². The van der Waals surface area contributed by atoms with Gasteiger partial charge in [0.05, 0.1) is 0 Å². The first kappa shape index (κ1) is 10.3. The number of carbonyl (C=O) groups excluding carboxylic acids is 1. The summed E-state index contributed by atoms with van der Waals surface area (Å²) in [6, 6.07) is 0.609. The van der Waals surface area contributed by atoms with Gasteiger partial charge in [0.2, 0.25) is 0 Å². The van der Waals surface area contributed by atoms with Crippen LogP contribution in [0.5, 0.6) is 0 Å². The maximum atomic E-state index is 11.6. The molecule has 0 aromatic heterocycles. The van der Waals surface area contributed by atoms with Gasteiger partial charge < -0.3 is 15.5 Å². The lowest BCUT2D eigenvalue weighted by molar-refractivity contribution is 0.167. The van der Waals surface area contributed by atoms with Gasteiger partial charge in [-0.2, -0.15) is 0 Å². The first-order chi connectivity index (χ1) is 6.16. The molecule has 13 heavy (non-hydrogen) atoms. The monoisotopic (exact) mass is 185 g/mol. The van der Waals surface area contributed by atoms with Crippen molar-refractivity contribution in [1.82, 2.24) is 9.80 Å². The van der Waals surface area contributed by atoms with Crippen LogP contribution in [-0.4, -0.2) is 49.1 Å². The standard InChI is InChI=1S/C9H19N3O/c1-11(2)9(13)12(7-3-6-10)8-4-5-8/h8H,3-7,10H2,1-2H3. The summed E-state index contributed by atoms with van der Waals surface area (Å²) in [5.74, 6) is 0. The van der Waals surface area contributed by atoms with E-state index in [1.807, 2.05) is 4.90 Å². The second-order valence-corrected chi connectivity index (χ2v) is 3.74. The van der Waals surface area contributed by atoms with E-state index in [0.29, 0.717) is 12.6 Å². The van der Waals surface area contributed by atoms with Gasteiger partial charge in [-0.15, -0.1) is 0 Å². The van der Waals surface area contributed by atoms with Crippen molar-refractivity contribution in [2.75, 3.05) is 27.2 Å². The van der Waals surface area contributed by atoms with Crippen molar-refractivity contribution in [3.05, 3.63) is 0 Å². The summed E-state index contributed by atoms with van der Waals surface area (Å²) >= 11 is 0. The van der Waals surface area contributed by atoms with Gasteiger partial charge in [-0.3, -0.25) is 0 Å². The van der Waals surface area contributed by atoms with Gasteiger partial charge in [-0.1, -0.05) is 0 Å². The maximum Gasteiger partial charge on any atom is 0.319 e. The second-order valence-electron chi connectivity index (χ2n) is 3.74. The van der Waals surface area contributed by atoms with E-state index in [1.54, 1.807) is 19.0 Å². The number of nitrogens with two attached hydrogens (primary N) is 1. The van der Waals surface area contributed by atoms with Crippen LogP contribution in [0.3, 0.4) is 0 Å². The number of carbonyl (C=O) groups is 1. The van der Waals surface area contributed by atoms with Crippen molar-refractivity contribution < 1.29 is 4.79 Å². The Kier molecular flexibility index (Phi) is 3.54. The van der Waals surface area contributed by atoms with Crippen LogP contribution in [0.25, 0.3) is 0 Å². The van der Waals surface area contributed by atoms with Crippen LogP contribution < -0.4 is 5.73 Å². The lowest BCUT2D eigenvalue weighted by Gasteiger charge is -2.25. The zero-order valence-electron chi connectivity index (χ0n) is 8.49. The number of nitrogens with zero attached hydrogens (tertiary/aromatic N) is 2. The molecule has 2 amide bonds. The predicted octanol–water partition coefficient (Wildman–Crippen LogP) is 0.481. The Balaban J connectivity index is 2.41. The molecule has 76 valence electrons. The Hall–Kier alpha value is -0.770. The van der Waals surface area contributed by atoms with E-state index in [9.17, 15) is 4.79 Å². The molecule has 1 aliphatic carbocycles. The average Bonchev–Trinajstić information content (AvgIpc) is 2.88. The molecular weight excluding hydrogens is 166 g/mol. The molecule has 1 saturated carbocycles. The molecule has 0 unspecified atom stereocenters. The van der Waals surface area contributed by atoms with E-state index in [-0.39, 0.29) is 6.03 Å². The minimum Gasteiger partial charge on any atom is -0.331 e. The van der Waals surface area contributed by atoms with E-state index in [1.165, 1.54) is 0 Å². The number of hydrogen-bond donors (Lipinski definition) is 1. The molecule has 0 aromatic carbocycles. The molecule has 0 atom stereocenters. The predicted molar refractivity (Wildman–Crippen MR) is 52.5 cm³/mol. The summed E-state index contributed by atoms with van der Waals surface area (Å²) in [4.78, 5) is 15.2. The van der Waals surface area contributed by atoms with Crippen LogP contribution in [-0.2, 0) is 0 Å². The number of rotatable bonds is 4. The van der Waals surface area contributed by atoms with Crippen LogP contribution in [0.2, 0.25) is 0 Å². The molecule has 0 saturated heterocycles. The Bertz CT molecular complexity index is 178. The Morgan fingerprint density at radius 2 is 2.08 bits per heavy atom. The molecular formula is C9H19N3O. The highest BCUT2D eigenvalue weighted by Crippen LogP contribution is 2.27. The highest BCUT2D eigenvalue weighted by Gasteiger charge is 2.32. The first-order valence-corrected chi connectivity index (χ1v) is 4.84. The van der Waals surface area contributed by atoms with E-state index < -0.39 is 0 Å². The van der Waals surface area contributed by atoms with Crippen molar-refractivity contribution in [3.8, 4) is 0 Å². The molecule has 0 aromatic rings. The van der Waals surface area contributed by atoms with Gasteiger partial charge in [0.25, 0.3) is 0 Å². The van der Waals surface area contributed by atoms with E-state index in [2.05, 4.69) is 0 Å². The fraction of sp³-hybridized carbons (Fsp3) is 0.889. The first-order valence-electron chi connectivity index (χ1n) is 4.84. The third-order valence-corrected chi connectivity index (χ3v) is 2.22. The fourth-order valence-electron chi connectivity index (χ4n) is 1.34. The minimum atomic E-state index is 0.121. The largest absolute Gasteiger partial charge is 0.331 e. The van der Waals surface area contributed by atoms with Gasteiger partial charge in [0, 0.05) is 26.7 Å². The highest BCUT2D eigenvalue weighted by molar-refractivity contribution is 5.74. The maximum absolute atomic E-state index is 11.6. The molecule has 4 heteroatoms. The molecule has 1 rings (SSSR count). The SMILES string of the molecule is CN(C)C(=O)N(CCCN)C1CC1. The van der Waals surface area contributed by atoms with Gasteiger partial charge in [-0.05, 0) is 25.8 Å². The van der Waals surface area contributed by atoms with Crippen molar-refractivity contribution in [1.29, 1.82) is 0 Å². The topological polar surface area (TPSA) is 49.6 Å². The lowest BCUT2D eigenvalue weighted by atomic mass is 10.4. The Morgan fingerprint density at radius 1 is 1.46 bits per heavy atom. The summed E-state index contributed by atoms with van der Waals surface area (Å²) in [6.07, 6.45) is 3.21. The second kappa shape index (κ2) is 4.46. The molecule has 0 spiro atoms. The number of urea groups is 1. The summed E-state index contributed by atoms with van der Waals surface area (Å²) in [5.41, 5.74) is 5.42. The molecule has 1 fully saturated rings. The molecule has 0 radical (unpaired) electrons. The lowest BCUT2D eigenvalue weighted by Crippen LogP contribution is -2.41. The number of hydrogen-bond acceptors (Lipinski definition) is 2. The Morgan fingerprint density at radius 3 is 2.46 bits per heavy atom. The van der Waals surface area contributed by atoms with E-state index in [4.69, 9.17) is 5.73 Å². The number of amides is 2. The average molecular weight is 185 g/mol. The molecule has 2 N–H and O–H groups in total. The van der Waals surface area contributed by atoms with Gasteiger partial charge >= 0.3 is 6.03 Å². The molecule has 1 aliphatic rings. The third kappa shape index (κ3) is 2.88. The van der Waals surface area contributed by atoms with Crippen molar-refractivity contribution in [2.45, 2.75) is 25.3 Å². The summed E-state index contributed by atoms with van der Waals surface area (Å²) in [5, 5.41) is 0. The summed E-state index contributed by atoms with van der Waals surface area (Å²) in [6.45, 7) is 1.46. The Labute approximate surface area is 79.7 Å². The molecule has 0 aliphatic heterocycles. The fourth-order valence-corrected chi connectivity index (χ4v) is 1.34. The quantitative estimate of drug-likeness (QED) is 0.692. The van der Waals surface area contributed by atoms with E-state index >= 15 is 0 Å². The van der Waals surface area contributed by atoms with E-state index in [0.717, 1.165) is 25.8 Å². The smallest absolute Gasteiger partial charge is 0.319 e. The highest BCUT2D eigenvalue weighted by atomic mass is 16.2. The van der Waals surface area contributed by atoms with Crippen LogP contribution in [0, 0.1) is 0 Å². The molecule has 4 nitrogen and oxygen atoms in total. The zero-order chi connectivity index (χ0) is 9.84. The normalized spacial score (nSPS) is 15.6. The summed E-state index contributed by atoms with van der Waals surface area (Å²) < 4.78 is 0. The summed E-state index contributed by atoms with van der Waals surface area (Å²) in [7, 11) is 3.58.